The number of nitrogens with one attached hydrogen (secondary N) is 1. The molecule has 0 aliphatic carbocycles. The molecule has 0 bridgehead atoms. The van der Waals surface area contributed by atoms with Crippen LogP contribution in [0, 0.1) is 18.7 Å². The molecule has 4 nitrogen and oxygen atoms in total. The van der Waals surface area contributed by atoms with Gasteiger partial charge in [-0.25, -0.2) is 4.39 Å². The van der Waals surface area contributed by atoms with Gasteiger partial charge in [-0.2, -0.15) is 18.3 Å². The summed E-state index contributed by atoms with van der Waals surface area (Å²) in [5.41, 5.74) is 1.37. The van der Waals surface area contributed by atoms with Gasteiger partial charge in [-0.1, -0.05) is 35.3 Å². The number of aromatic nitrogens is 2. The summed E-state index contributed by atoms with van der Waals surface area (Å²) >= 11 is 12.3. The van der Waals surface area contributed by atoms with Gasteiger partial charge in [0, 0.05) is 21.4 Å². The van der Waals surface area contributed by atoms with Crippen LogP contribution in [-0.4, -0.2) is 35.7 Å². The van der Waals surface area contributed by atoms with Crippen LogP contribution in [0.25, 0.3) is 10.9 Å². The highest BCUT2D eigenvalue weighted by Gasteiger charge is 2.35. The van der Waals surface area contributed by atoms with Crippen molar-refractivity contribution in [1.29, 1.82) is 0 Å². The molecular weight excluding hydrogens is 493 g/mol. The fraction of sp³-hybridized carbons (Fsp3) is 0.375. The van der Waals surface area contributed by atoms with E-state index in [2.05, 4.69) is 23.3 Å². The van der Waals surface area contributed by atoms with Gasteiger partial charge in [0.2, 0.25) is 0 Å². The van der Waals surface area contributed by atoms with Gasteiger partial charge in [0.15, 0.2) is 5.15 Å². The minimum atomic E-state index is -4.46. The molecule has 0 atom stereocenters. The smallest absolute Gasteiger partial charge is 0.376 e. The number of piperidine rings is 1. The van der Waals surface area contributed by atoms with Crippen molar-refractivity contribution in [3.05, 3.63) is 63.5 Å². The van der Waals surface area contributed by atoms with Crippen molar-refractivity contribution in [2.45, 2.75) is 37.6 Å². The summed E-state index contributed by atoms with van der Waals surface area (Å²) in [5, 5.41) is 7.79. The number of nitrogens with zero attached hydrogens (tertiary/aromatic N) is 2. The largest absolute Gasteiger partial charge is 0.408 e. The first-order chi connectivity index (χ1) is 16.2. The van der Waals surface area contributed by atoms with Crippen molar-refractivity contribution < 1.29 is 22.3 Å². The maximum atomic E-state index is 13.4. The molecule has 2 aromatic carbocycles. The third-order valence-corrected chi connectivity index (χ3v) is 6.32. The number of terminal acetylenes is 1. The fourth-order valence-corrected chi connectivity index (χ4v) is 4.78. The van der Waals surface area contributed by atoms with Gasteiger partial charge in [0.1, 0.15) is 12.4 Å². The van der Waals surface area contributed by atoms with Gasteiger partial charge < -0.3 is 10.1 Å². The molecule has 0 unspecified atom stereocenters. The molecule has 1 aliphatic heterocycles. The lowest BCUT2D eigenvalue weighted by molar-refractivity contribution is -0.141. The van der Waals surface area contributed by atoms with E-state index >= 15 is 0 Å². The summed E-state index contributed by atoms with van der Waals surface area (Å²) in [6, 6.07) is 9.45. The molecular formula is C24H23Cl2F4N3O. The van der Waals surface area contributed by atoms with E-state index in [-0.39, 0.29) is 28.5 Å². The Bertz CT molecular complexity index is 1140. The number of halogens is 6. The van der Waals surface area contributed by atoms with E-state index in [1.807, 2.05) is 0 Å². The summed E-state index contributed by atoms with van der Waals surface area (Å²) in [7, 11) is 0. The quantitative estimate of drug-likeness (QED) is 0.317. The highest BCUT2D eigenvalue weighted by molar-refractivity contribution is 6.36. The zero-order valence-electron chi connectivity index (χ0n) is 18.1. The average molecular weight is 516 g/mol. The molecule has 34 heavy (non-hydrogen) atoms. The van der Waals surface area contributed by atoms with E-state index in [9.17, 15) is 17.6 Å². The Morgan fingerprint density at radius 1 is 1.09 bits per heavy atom. The van der Waals surface area contributed by atoms with Gasteiger partial charge in [-0.3, -0.25) is 4.68 Å². The first kappa shape index (κ1) is 26.3. The molecule has 4 rings (SSSR count). The van der Waals surface area contributed by atoms with Gasteiger partial charge in [-0.15, -0.1) is 12.8 Å². The van der Waals surface area contributed by atoms with Crippen molar-refractivity contribution in [2.75, 3.05) is 19.7 Å². The Labute approximate surface area is 205 Å². The van der Waals surface area contributed by atoms with Crippen molar-refractivity contribution in [2.24, 2.45) is 0 Å². The molecule has 0 spiro atoms. The number of ether oxygens (including phenoxy) is 1. The molecule has 1 aliphatic rings. The Hall–Kier alpha value is -2.31. The fourth-order valence-electron chi connectivity index (χ4n) is 4.30. The van der Waals surface area contributed by atoms with E-state index in [4.69, 9.17) is 27.9 Å². The van der Waals surface area contributed by atoms with Crippen molar-refractivity contribution in [1.82, 2.24) is 15.1 Å². The lowest BCUT2D eigenvalue weighted by Gasteiger charge is -2.38. The first-order valence-electron chi connectivity index (χ1n) is 10.5. The standard InChI is InChI=1S/C22H21Cl2F4N3O.C2H2/c23-16-9-14(19-18(10-16)20(24)30-31(19)12-22(26,27)28)11-32-13-21(5-7-29-8-6-21)15-1-3-17(25)4-2-15;1-2/h1-4,9-10,29H,5-8,11-13H2;1-2H. The number of fused-ring (bicyclic) bond motifs is 1. The molecule has 0 radical (unpaired) electrons. The summed E-state index contributed by atoms with van der Waals surface area (Å²) in [6.07, 6.45) is 5.13. The van der Waals surface area contributed by atoms with E-state index in [0.717, 1.165) is 36.2 Å². The van der Waals surface area contributed by atoms with Crippen LogP contribution in [0.4, 0.5) is 17.6 Å². The van der Waals surface area contributed by atoms with E-state index in [1.54, 1.807) is 18.2 Å². The summed E-state index contributed by atoms with van der Waals surface area (Å²) in [5.74, 6) is -0.310. The lowest BCUT2D eigenvalue weighted by Crippen LogP contribution is -2.43. The Morgan fingerprint density at radius 3 is 2.35 bits per heavy atom. The maximum Gasteiger partial charge on any atom is 0.408 e. The Morgan fingerprint density at radius 2 is 1.74 bits per heavy atom. The Balaban J connectivity index is 0.00000158. The molecule has 1 saturated heterocycles. The van der Waals surface area contributed by atoms with Gasteiger partial charge >= 0.3 is 6.18 Å². The van der Waals surface area contributed by atoms with Crippen LogP contribution in [0.5, 0.6) is 0 Å². The Kier molecular flexibility index (Phi) is 8.47. The van der Waals surface area contributed by atoms with E-state index < -0.39 is 12.7 Å². The van der Waals surface area contributed by atoms with E-state index in [0.29, 0.717) is 22.6 Å². The topological polar surface area (TPSA) is 39.1 Å². The monoisotopic (exact) mass is 515 g/mol. The van der Waals surface area contributed by atoms with Crippen LogP contribution < -0.4 is 5.32 Å². The van der Waals surface area contributed by atoms with Crippen LogP contribution in [0.1, 0.15) is 24.0 Å². The second-order valence-corrected chi connectivity index (χ2v) is 8.85. The second kappa shape index (κ2) is 11.0. The van der Waals surface area contributed by atoms with E-state index in [1.165, 1.54) is 18.2 Å². The zero-order chi connectivity index (χ0) is 24.9. The highest BCUT2D eigenvalue weighted by Crippen LogP contribution is 2.36. The normalized spacial score (nSPS) is 15.6. The number of alkyl halides is 3. The van der Waals surface area contributed by atoms with Crippen molar-refractivity contribution >= 4 is 34.1 Å². The predicted octanol–water partition coefficient (Wildman–Crippen LogP) is 6.13. The molecule has 1 aromatic heterocycles. The third kappa shape index (κ3) is 6.02. The van der Waals surface area contributed by atoms with Gasteiger partial charge in [0.25, 0.3) is 0 Å². The van der Waals surface area contributed by atoms with Crippen molar-refractivity contribution in [3.8, 4) is 12.8 Å². The predicted molar refractivity (Wildman–Crippen MR) is 126 cm³/mol. The first-order valence-corrected chi connectivity index (χ1v) is 11.2. The summed E-state index contributed by atoms with van der Waals surface area (Å²) < 4.78 is 59.5. The van der Waals surface area contributed by atoms with Gasteiger partial charge in [-0.05, 0) is 55.8 Å². The van der Waals surface area contributed by atoms with Crippen LogP contribution in [0.3, 0.4) is 0 Å². The molecule has 0 saturated carbocycles. The number of rotatable bonds is 6. The minimum absolute atomic E-state index is 0.0350. The molecule has 3 aromatic rings. The summed E-state index contributed by atoms with van der Waals surface area (Å²) in [6.45, 7) is 0.672. The number of hydrogen-bond acceptors (Lipinski definition) is 3. The molecule has 2 heterocycles. The molecule has 10 heteroatoms. The lowest BCUT2D eigenvalue weighted by atomic mass is 9.74. The van der Waals surface area contributed by atoms with Gasteiger partial charge in [0.05, 0.1) is 18.7 Å². The third-order valence-electron chi connectivity index (χ3n) is 5.82. The molecule has 1 N–H and O–H groups in total. The average Bonchev–Trinajstić information content (AvgIpc) is 3.09. The zero-order valence-corrected chi connectivity index (χ0v) is 19.7. The van der Waals surface area contributed by atoms with Crippen LogP contribution in [0.2, 0.25) is 10.2 Å². The maximum absolute atomic E-state index is 13.4. The molecule has 0 amide bonds. The van der Waals surface area contributed by atoms with Crippen LogP contribution in [0.15, 0.2) is 36.4 Å². The highest BCUT2D eigenvalue weighted by atomic mass is 35.5. The molecule has 182 valence electrons. The second-order valence-electron chi connectivity index (χ2n) is 8.05. The van der Waals surface area contributed by atoms with Crippen LogP contribution >= 0.6 is 23.2 Å². The number of hydrogen-bond donors (Lipinski definition) is 1. The van der Waals surface area contributed by atoms with Crippen LogP contribution in [-0.2, 0) is 23.3 Å². The molecule has 1 fully saturated rings. The SMILES string of the molecule is C#C.Fc1ccc(C2(COCc3cc(Cl)cc4c(Cl)nn(CC(F)(F)F)c34)CCNCC2)cc1. The summed E-state index contributed by atoms with van der Waals surface area (Å²) in [4.78, 5) is 0. The van der Waals surface area contributed by atoms with Crippen molar-refractivity contribution in [3.63, 3.8) is 0 Å². The minimum Gasteiger partial charge on any atom is -0.376 e. The number of benzene rings is 2.